The highest BCUT2D eigenvalue weighted by Crippen LogP contribution is 2.06. The Kier molecular flexibility index (Phi) is 7.55. The molecule has 0 unspecified atom stereocenters. The van der Waals surface area contributed by atoms with Crippen LogP contribution in [0.2, 0.25) is 0 Å². The maximum absolute atomic E-state index is 12.1. The van der Waals surface area contributed by atoms with Gasteiger partial charge in [-0.3, -0.25) is 14.4 Å². The molecule has 0 saturated heterocycles. The van der Waals surface area contributed by atoms with E-state index >= 15 is 0 Å². The molecule has 2 rings (SSSR count). The Balaban J connectivity index is 1.67. The van der Waals surface area contributed by atoms with E-state index in [9.17, 15) is 14.4 Å². The summed E-state index contributed by atoms with van der Waals surface area (Å²) < 4.78 is 4.99. The largest absolute Gasteiger partial charge is 0.456 e. The second-order valence-electron chi connectivity index (χ2n) is 6.22. The van der Waals surface area contributed by atoms with Crippen LogP contribution in [-0.2, 0) is 20.9 Å². The number of aryl methyl sites for hydroxylation is 1. The molecule has 6 nitrogen and oxygen atoms in total. The van der Waals surface area contributed by atoms with Gasteiger partial charge in [-0.2, -0.15) is 0 Å². The number of hydrogen-bond acceptors (Lipinski definition) is 4. The van der Waals surface area contributed by atoms with Crippen LogP contribution in [-0.4, -0.2) is 42.9 Å². The summed E-state index contributed by atoms with van der Waals surface area (Å²) in [4.78, 5) is 37.4. The number of rotatable bonds is 8. The molecular formula is C21H24N2O4. The summed E-state index contributed by atoms with van der Waals surface area (Å²) in [7, 11) is 1.66. The molecule has 142 valence electrons. The zero-order valence-corrected chi connectivity index (χ0v) is 15.6. The molecule has 0 fully saturated rings. The fourth-order valence-electron chi connectivity index (χ4n) is 2.47. The van der Waals surface area contributed by atoms with Crippen molar-refractivity contribution in [2.24, 2.45) is 0 Å². The number of nitrogens with zero attached hydrogens (tertiary/aromatic N) is 1. The molecule has 27 heavy (non-hydrogen) atoms. The van der Waals surface area contributed by atoms with Gasteiger partial charge in [0.2, 0.25) is 0 Å². The van der Waals surface area contributed by atoms with E-state index in [0.717, 1.165) is 11.1 Å². The van der Waals surface area contributed by atoms with E-state index in [-0.39, 0.29) is 31.4 Å². The smallest absolute Gasteiger partial charge is 0.308 e. The standard InChI is InChI=1S/C21H24N2O4/c1-16-8-6-7-11-18(16)21(26)22-13-12-20(25)27-15-19(24)23(2)14-17-9-4-3-5-10-17/h3-11H,12-15H2,1-2H3,(H,22,26). The molecule has 0 aliphatic rings. The van der Waals surface area contributed by atoms with E-state index in [0.29, 0.717) is 12.1 Å². The highest BCUT2D eigenvalue weighted by atomic mass is 16.5. The predicted molar refractivity (Wildman–Crippen MR) is 102 cm³/mol. The summed E-state index contributed by atoms with van der Waals surface area (Å²) in [6.45, 7) is 2.14. The minimum Gasteiger partial charge on any atom is -0.456 e. The van der Waals surface area contributed by atoms with Crippen LogP contribution in [0.15, 0.2) is 54.6 Å². The van der Waals surface area contributed by atoms with E-state index in [1.165, 1.54) is 4.90 Å². The van der Waals surface area contributed by atoms with Crippen LogP contribution in [0.4, 0.5) is 0 Å². The lowest BCUT2D eigenvalue weighted by Gasteiger charge is -2.17. The first-order chi connectivity index (χ1) is 13.0. The van der Waals surface area contributed by atoms with E-state index in [1.54, 1.807) is 19.2 Å². The molecule has 1 N–H and O–H groups in total. The number of hydrogen-bond donors (Lipinski definition) is 1. The summed E-state index contributed by atoms with van der Waals surface area (Å²) in [5.74, 6) is -1.04. The number of ether oxygens (including phenoxy) is 1. The number of carbonyl (C=O) groups excluding carboxylic acids is 3. The lowest BCUT2D eigenvalue weighted by Crippen LogP contribution is -2.32. The molecule has 0 heterocycles. The van der Waals surface area contributed by atoms with Crippen molar-refractivity contribution >= 4 is 17.8 Å². The van der Waals surface area contributed by atoms with Gasteiger partial charge in [-0.05, 0) is 24.1 Å². The first-order valence-electron chi connectivity index (χ1n) is 8.74. The molecular weight excluding hydrogens is 344 g/mol. The second kappa shape index (κ2) is 10.1. The van der Waals surface area contributed by atoms with Gasteiger partial charge in [0, 0.05) is 25.7 Å². The summed E-state index contributed by atoms with van der Waals surface area (Å²) in [6.07, 6.45) is 0.00724. The Morgan fingerprint density at radius 1 is 1.00 bits per heavy atom. The van der Waals surface area contributed by atoms with Crippen LogP contribution in [0.1, 0.15) is 27.9 Å². The molecule has 0 aromatic heterocycles. The second-order valence-corrected chi connectivity index (χ2v) is 6.22. The maximum Gasteiger partial charge on any atom is 0.308 e. The van der Waals surface area contributed by atoms with Crippen molar-refractivity contribution < 1.29 is 19.1 Å². The van der Waals surface area contributed by atoms with Crippen LogP contribution in [0.5, 0.6) is 0 Å². The highest BCUT2D eigenvalue weighted by Gasteiger charge is 2.13. The van der Waals surface area contributed by atoms with Gasteiger partial charge < -0.3 is 15.0 Å². The monoisotopic (exact) mass is 368 g/mol. The van der Waals surface area contributed by atoms with Crippen molar-refractivity contribution in [2.45, 2.75) is 19.9 Å². The summed E-state index contributed by atoms with van der Waals surface area (Å²) in [5, 5.41) is 2.68. The third-order valence-electron chi connectivity index (χ3n) is 4.05. The molecule has 0 aliphatic carbocycles. The molecule has 0 radical (unpaired) electrons. The fraction of sp³-hybridized carbons (Fsp3) is 0.286. The predicted octanol–water partition coefficient (Wildman–Crippen LogP) is 2.32. The van der Waals surface area contributed by atoms with Crippen molar-refractivity contribution in [1.29, 1.82) is 0 Å². The Labute approximate surface area is 159 Å². The van der Waals surface area contributed by atoms with E-state index < -0.39 is 5.97 Å². The summed E-state index contributed by atoms with van der Waals surface area (Å²) in [5.41, 5.74) is 2.44. The van der Waals surface area contributed by atoms with Crippen molar-refractivity contribution in [3.05, 3.63) is 71.3 Å². The number of benzene rings is 2. The Hall–Kier alpha value is -3.15. The molecule has 0 atom stereocenters. The van der Waals surface area contributed by atoms with Gasteiger partial charge >= 0.3 is 5.97 Å². The maximum atomic E-state index is 12.1. The van der Waals surface area contributed by atoms with Gasteiger partial charge in [-0.25, -0.2) is 0 Å². The van der Waals surface area contributed by atoms with Crippen molar-refractivity contribution in [1.82, 2.24) is 10.2 Å². The van der Waals surface area contributed by atoms with Gasteiger partial charge in [-0.15, -0.1) is 0 Å². The average molecular weight is 368 g/mol. The van der Waals surface area contributed by atoms with Crippen molar-refractivity contribution in [3.63, 3.8) is 0 Å². The summed E-state index contributed by atoms with van der Waals surface area (Å²) >= 11 is 0. The number of amides is 2. The Bertz CT molecular complexity index is 790. The third-order valence-corrected chi connectivity index (χ3v) is 4.05. The number of esters is 1. The van der Waals surface area contributed by atoms with Crippen LogP contribution >= 0.6 is 0 Å². The van der Waals surface area contributed by atoms with Crippen molar-refractivity contribution in [3.8, 4) is 0 Å². The van der Waals surface area contributed by atoms with Crippen LogP contribution in [0, 0.1) is 6.92 Å². The number of likely N-dealkylation sites (N-methyl/N-ethyl adjacent to an activating group) is 1. The van der Waals surface area contributed by atoms with Gasteiger partial charge in [0.25, 0.3) is 11.8 Å². The molecule has 0 saturated carbocycles. The first kappa shape index (κ1) is 20.2. The van der Waals surface area contributed by atoms with Gasteiger partial charge in [0.15, 0.2) is 6.61 Å². The minimum atomic E-state index is -0.526. The highest BCUT2D eigenvalue weighted by molar-refractivity contribution is 5.95. The molecule has 0 spiro atoms. The van der Waals surface area contributed by atoms with Crippen LogP contribution in [0.25, 0.3) is 0 Å². The Morgan fingerprint density at radius 2 is 1.67 bits per heavy atom. The number of nitrogens with one attached hydrogen (secondary N) is 1. The minimum absolute atomic E-state index is 0.00724. The third kappa shape index (κ3) is 6.58. The normalized spacial score (nSPS) is 10.1. The summed E-state index contributed by atoms with van der Waals surface area (Å²) in [6, 6.07) is 16.8. The van der Waals surface area contributed by atoms with Crippen molar-refractivity contribution in [2.75, 3.05) is 20.2 Å². The topological polar surface area (TPSA) is 75.7 Å². The fourth-order valence-corrected chi connectivity index (χ4v) is 2.47. The van der Waals surface area contributed by atoms with E-state index in [4.69, 9.17) is 4.74 Å². The van der Waals surface area contributed by atoms with E-state index in [1.807, 2.05) is 49.4 Å². The van der Waals surface area contributed by atoms with Gasteiger partial charge in [-0.1, -0.05) is 48.5 Å². The lowest BCUT2D eigenvalue weighted by atomic mass is 10.1. The molecule has 2 aromatic carbocycles. The zero-order chi connectivity index (χ0) is 19.6. The van der Waals surface area contributed by atoms with Gasteiger partial charge in [0.1, 0.15) is 0 Å². The first-order valence-corrected chi connectivity index (χ1v) is 8.74. The van der Waals surface area contributed by atoms with Gasteiger partial charge in [0.05, 0.1) is 6.42 Å². The lowest BCUT2D eigenvalue weighted by molar-refractivity contribution is -0.151. The van der Waals surface area contributed by atoms with Crippen LogP contribution in [0.3, 0.4) is 0 Å². The molecule has 6 heteroatoms. The van der Waals surface area contributed by atoms with Crippen LogP contribution < -0.4 is 5.32 Å². The molecule has 2 amide bonds. The van der Waals surface area contributed by atoms with E-state index in [2.05, 4.69) is 5.32 Å². The molecule has 0 bridgehead atoms. The quantitative estimate of drug-likeness (QED) is 0.726. The molecule has 0 aliphatic heterocycles. The average Bonchev–Trinajstić information content (AvgIpc) is 2.67. The zero-order valence-electron chi connectivity index (χ0n) is 15.6. The SMILES string of the molecule is Cc1ccccc1C(=O)NCCC(=O)OCC(=O)N(C)Cc1ccccc1. The molecule has 2 aromatic rings. The number of carbonyl (C=O) groups is 3. The Morgan fingerprint density at radius 3 is 2.37 bits per heavy atom.